The van der Waals surface area contributed by atoms with E-state index in [0.717, 1.165) is 11.3 Å². The summed E-state index contributed by atoms with van der Waals surface area (Å²) in [6.45, 7) is 2.39. The lowest BCUT2D eigenvalue weighted by molar-refractivity contribution is -0.116. The summed E-state index contributed by atoms with van der Waals surface area (Å²) >= 11 is 4.23. The standard InChI is InChI=1S/C16H14BrNO5S2/c1-2-22-12-3-4-13-10(8-12)7-11(9-23-13)16(19)18-25(20,21)15-6-5-14(17)24-15/h3-8H,2,9H2,1H3,(H,18,19). The molecule has 0 fully saturated rings. The Balaban J connectivity index is 1.82. The highest BCUT2D eigenvalue weighted by molar-refractivity contribution is 9.11. The van der Waals surface area contributed by atoms with Gasteiger partial charge in [-0.05, 0) is 59.3 Å². The molecule has 0 saturated heterocycles. The van der Waals surface area contributed by atoms with Crippen molar-refractivity contribution < 1.29 is 22.7 Å². The average Bonchev–Trinajstić information content (AvgIpc) is 3.01. The fourth-order valence-electron chi connectivity index (χ4n) is 2.22. The third kappa shape index (κ3) is 4.05. The highest BCUT2D eigenvalue weighted by atomic mass is 79.9. The van der Waals surface area contributed by atoms with Gasteiger partial charge in [-0.15, -0.1) is 11.3 Å². The quantitative estimate of drug-likeness (QED) is 0.766. The van der Waals surface area contributed by atoms with Crippen molar-refractivity contribution in [3.63, 3.8) is 0 Å². The number of carbonyl (C=O) groups excluding carboxylic acids is 1. The number of benzene rings is 1. The lowest BCUT2D eigenvalue weighted by Crippen LogP contribution is -2.33. The minimum Gasteiger partial charge on any atom is -0.494 e. The summed E-state index contributed by atoms with van der Waals surface area (Å²) in [5.74, 6) is 0.556. The van der Waals surface area contributed by atoms with Crippen LogP contribution in [0, 0.1) is 0 Å². The SMILES string of the molecule is CCOc1ccc2c(c1)C=C(C(=O)NS(=O)(=O)c1ccc(Br)s1)CO2. The Morgan fingerprint density at radius 1 is 1.36 bits per heavy atom. The van der Waals surface area contributed by atoms with Crippen LogP contribution in [0.1, 0.15) is 12.5 Å². The molecule has 132 valence electrons. The van der Waals surface area contributed by atoms with Gasteiger partial charge in [-0.25, -0.2) is 13.1 Å². The molecule has 1 aromatic heterocycles. The maximum absolute atomic E-state index is 12.3. The van der Waals surface area contributed by atoms with Gasteiger partial charge in [-0.3, -0.25) is 4.79 Å². The molecule has 3 rings (SSSR count). The van der Waals surface area contributed by atoms with Gasteiger partial charge >= 0.3 is 0 Å². The molecule has 0 aliphatic carbocycles. The average molecular weight is 444 g/mol. The van der Waals surface area contributed by atoms with Crippen LogP contribution in [0.15, 0.2) is 43.9 Å². The summed E-state index contributed by atoms with van der Waals surface area (Å²) in [4.78, 5) is 12.3. The summed E-state index contributed by atoms with van der Waals surface area (Å²) < 4.78 is 38.3. The first-order valence-corrected chi connectivity index (χ1v) is 10.4. The number of ether oxygens (including phenoxy) is 2. The Morgan fingerprint density at radius 2 is 2.16 bits per heavy atom. The van der Waals surface area contributed by atoms with E-state index in [1.165, 1.54) is 6.07 Å². The third-order valence-electron chi connectivity index (χ3n) is 3.34. The zero-order valence-electron chi connectivity index (χ0n) is 13.1. The predicted molar refractivity (Wildman–Crippen MR) is 98.4 cm³/mol. The minimum atomic E-state index is -3.91. The van der Waals surface area contributed by atoms with Crippen LogP contribution >= 0.6 is 27.3 Å². The highest BCUT2D eigenvalue weighted by Crippen LogP contribution is 2.30. The topological polar surface area (TPSA) is 81.7 Å². The zero-order valence-corrected chi connectivity index (χ0v) is 16.3. The molecule has 0 bridgehead atoms. The number of hydrogen-bond acceptors (Lipinski definition) is 6. The predicted octanol–water partition coefficient (Wildman–Crippen LogP) is 3.19. The summed E-state index contributed by atoms with van der Waals surface area (Å²) in [6.07, 6.45) is 1.61. The largest absolute Gasteiger partial charge is 0.494 e. The van der Waals surface area contributed by atoms with Crippen molar-refractivity contribution in [3.05, 3.63) is 45.3 Å². The Bertz CT molecular complexity index is 949. The zero-order chi connectivity index (χ0) is 18.0. The van der Waals surface area contributed by atoms with Crippen molar-refractivity contribution in [2.24, 2.45) is 0 Å². The van der Waals surface area contributed by atoms with Gasteiger partial charge in [-0.2, -0.15) is 0 Å². The van der Waals surface area contributed by atoms with Crippen molar-refractivity contribution in [3.8, 4) is 11.5 Å². The number of halogens is 1. The van der Waals surface area contributed by atoms with Crippen molar-refractivity contribution in [2.75, 3.05) is 13.2 Å². The van der Waals surface area contributed by atoms with E-state index in [2.05, 4.69) is 20.7 Å². The first kappa shape index (κ1) is 18.0. The van der Waals surface area contributed by atoms with Gasteiger partial charge in [0.25, 0.3) is 15.9 Å². The second-order valence-electron chi connectivity index (χ2n) is 5.08. The Hall–Kier alpha value is -1.84. The van der Waals surface area contributed by atoms with Crippen LogP contribution in [0.4, 0.5) is 0 Å². The lowest BCUT2D eigenvalue weighted by Gasteiger charge is -2.18. The molecule has 25 heavy (non-hydrogen) atoms. The number of thiophene rings is 1. The third-order valence-corrected chi connectivity index (χ3v) is 6.78. The monoisotopic (exact) mass is 443 g/mol. The number of amides is 1. The van der Waals surface area contributed by atoms with Crippen LogP contribution in [0.3, 0.4) is 0 Å². The maximum Gasteiger partial charge on any atom is 0.273 e. The number of nitrogens with one attached hydrogen (secondary N) is 1. The molecule has 9 heteroatoms. The molecular weight excluding hydrogens is 430 g/mol. The molecule has 1 N–H and O–H groups in total. The second-order valence-corrected chi connectivity index (χ2v) is 9.46. The molecule has 1 aromatic carbocycles. The van der Waals surface area contributed by atoms with Crippen molar-refractivity contribution in [1.29, 1.82) is 0 Å². The van der Waals surface area contributed by atoms with Gasteiger partial charge in [0.1, 0.15) is 22.3 Å². The molecular formula is C16H14BrNO5S2. The van der Waals surface area contributed by atoms with Crippen LogP contribution in [-0.2, 0) is 14.8 Å². The molecule has 6 nitrogen and oxygen atoms in total. The van der Waals surface area contributed by atoms with E-state index < -0.39 is 15.9 Å². The van der Waals surface area contributed by atoms with Gasteiger partial charge in [0.15, 0.2) is 0 Å². The van der Waals surface area contributed by atoms with Gasteiger partial charge < -0.3 is 9.47 Å². The highest BCUT2D eigenvalue weighted by Gasteiger charge is 2.24. The van der Waals surface area contributed by atoms with E-state index in [1.54, 1.807) is 30.3 Å². The summed E-state index contributed by atoms with van der Waals surface area (Å²) in [6, 6.07) is 8.32. The number of carbonyl (C=O) groups is 1. The van der Waals surface area contributed by atoms with E-state index in [1.807, 2.05) is 6.92 Å². The summed E-state index contributed by atoms with van der Waals surface area (Å²) in [5, 5.41) is 0. The van der Waals surface area contributed by atoms with Crippen molar-refractivity contribution in [1.82, 2.24) is 4.72 Å². The smallest absolute Gasteiger partial charge is 0.273 e. The van der Waals surface area contributed by atoms with Gasteiger partial charge in [-0.1, -0.05) is 0 Å². The van der Waals surface area contributed by atoms with Gasteiger partial charge in [0, 0.05) is 5.56 Å². The molecule has 1 aliphatic rings. The van der Waals surface area contributed by atoms with E-state index in [9.17, 15) is 13.2 Å². The summed E-state index contributed by atoms with van der Waals surface area (Å²) in [5.41, 5.74) is 0.888. The Morgan fingerprint density at radius 3 is 2.84 bits per heavy atom. The minimum absolute atomic E-state index is 0.00350. The van der Waals surface area contributed by atoms with Crippen LogP contribution in [0.5, 0.6) is 11.5 Å². The first-order valence-electron chi connectivity index (χ1n) is 7.32. The maximum atomic E-state index is 12.3. The number of rotatable bonds is 5. The second kappa shape index (κ2) is 7.19. The summed E-state index contributed by atoms with van der Waals surface area (Å²) in [7, 11) is -3.91. The molecule has 0 unspecified atom stereocenters. The number of fused-ring (bicyclic) bond motifs is 1. The van der Waals surface area contributed by atoms with E-state index >= 15 is 0 Å². The van der Waals surface area contributed by atoms with Gasteiger partial charge in [0.05, 0.1) is 16.0 Å². The Kier molecular flexibility index (Phi) is 5.16. The lowest BCUT2D eigenvalue weighted by atomic mass is 10.1. The molecule has 0 atom stereocenters. The molecule has 0 spiro atoms. The van der Waals surface area contributed by atoms with Crippen LogP contribution < -0.4 is 14.2 Å². The number of sulfonamides is 1. The van der Waals surface area contributed by atoms with E-state index in [-0.39, 0.29) is 16.4 Å². The molecule has 1 amide bonds. The molecule has 0 radical (unpaired) electrons. The first-order chi connectivity index (χ1) is 11.9. The molecule has 1 aliphatic heterocycles. The van der Waals surface area contributed by atoms with Crippen LogP contribution in [-0.4, -0.2) is 27.5 Å². The fourth-order valence-corrected chi connectivity index (χ4v) is 5.22. The van der Waals surface area contributed by atoms with E-state index in [4.69, 9.17) is 9.47 Å². The van der Waals surface area contributed by atoms with Crippen molar-refractivity contribution in [2.45, 2.75) is 11.1 Å². The number of hydrogen-bond donors (Lipinski definition) is 1. The van der Waals surface area contributed by atoms with Crippen LogP contribution in [0.2, 0.25) is 0 Å². The van der Waals surface area contributed by atoms with Crippen molar-refractivity contribution >= 4 is 49.3 Å². The molecule has 2 aromatic rings. The normalized spacial score (nSPS) is 13.4. The fraction of sp³-hybridized carbons (Fsp3) is 0.188. The van der Waals surface area contributed by atoms with E-state index in [0.29, 0.717) is 27.5 Å². The van der Waals surface area contributed by atoms with Gasteiger partial charge in [0.2, 0.25) is 0 Å². The molecule has 0 saturated carbocycles. The Labute approximate surface area is 157 Å². The molecule has 2 heterocycles. The van der Waals surface area contributed by atoms with Crippen LogP contribution in [0.25, 0.3) is 6.08 Å².